The Hall–Kier alpha value is -1.74. The molecule has 20 heavy (non-hydrogen) atoms. The van der Waals surface area contributed by atoms with Gasteiger partial charge in [0, 0.05) is 23.4 Å². The van der Waals surface area contributed by atoms with E-state index in [0.29, 0.717) is 0 Å². The summed E-state index contributed by atoms with van der Waals surface area (Å²) in [4.78, 5) is 15.6. The van der Waals surface area contributed by atoms with E-state index in [2.05, 4.69) is 18.2 Å². The van der Waals surface area contributed by atoms with E-state index in [-0.39, 0.29) is 5.91 Å². The molecular formula is C17H17NOS. The van der Waals surface area contributed by atoms with Gasteiger partial charge in [0.25, 0.3) is 0 Å². The van der Waals surface area contributed by atoms with Gasteiger partial charge in [0.15, 0.2) is 0 Å². The van der Waals surface area contributed by atoms with Crippen molar-refractivity contribution in [1.29, 1.82) is 0 Å². The van der Waals surface area contributed by atoms with Crippen molar-refractivity contribution in [2.45, 2.75) is 17.2 Å². The molecule has 1 aliphatic rings. The Morgan fingerprint density at radius 3 is 2.45 bits per heavy atom. The number of nitrogens with zero attached hydrogens (tertiary/aromatic N) is 1. The molecule has 102 valence electrons. The number of thioether (sulfide) groups is 1. The minimum absolute atomic E-state index is 0.183. The summed E-state index contributed by atoms with van der Waals surface area (Å²) < 4.78 is 0. The van der Waals surface area contributed by atoms with Gasteiger partial charge >= 0.3 is 0 Å². The number of hydrogen-bond acceptors (Lipinski definition) is 2. The highest BCUT2D eigenvalue weighted by molar-refractivity contribution is 7.99. The van der Waals surface area contributed by atoms with Crippen LogP contribution in [0.1, 0.15) is 12.5 Å². The highest BCUT2D eigenvalue weighted by Crippen LogP contribution is 2.43. The first-order chi connectivity index (χ1) is 9.63. The fourth-order valence-corrected chi connectivity index (χ4v) is 3.80. The van der Waals surface area contributed by atoms with E-state index in [1.165, 1.54) is 4.90 Å². The predicted octanol–water partition coefficient (Wildman–Crippen LogP) is 3.71. The summed E-state index contributed by atoms with van der Waals surface area (Å²) in [6.07, 6.45) is 0. The number of anilines is 1. The molecule has 2 aromatic rings. The minimum Gasteiger partial charge on any atom is -0.314 e. The Morgan fingerprint density at radius 1 is 1.05 bits per heavy atom. The predicted molar refractivity (Wildman–Crippen MR) is 84.4 cm³/mol. The number of amides is 1. The van der Waals surface area contributed by atoms with Gasteiger partial charge in [-0.1, -0.05) is 36.4 Å². The molecule has 0 N–H and O–H groups in total. The van der Waals surface area contributed by atoms with Crippen LogP contribution in [0.5, 0.6) is 0 Å². The van der Waals surface area contributed by atoms with Gasteiger partial charge in [-0.05, 0) is 30.7 Å². The molecule has 3 heteroatoms. The molecule has 0 aliphatic carbocycles. The van der Waals surface area contributed by atoms with Gasteiger partial charge in [-0.15, -0.1) is 11.8 Å². The van der Waals surface area contributed by atoms with Crippen molar-refractivity contribution in [3.63, 3.8) is 0 Å². The van der Waals surface area contributed by atoms with Crippen LogP contribution in [0.2, 0.25) is 0 Å². The lowest BCUT2D eigenvalue weighted by atomic mass is 9.86. The molecule has 1 aliphatic heterocycles. The van der Waals surface area contributed by atoms with Gasteiger partial charge in [0.05, 0.1) is 5.41 Å². The molecule has 0 spiro atoms. The van der Waals surface area contributed by atoms with Crippen molar-refractivity contribution < 1.29 is 4.79 Å². The molecule has 1 heterocycles. The maximum Gasteiger partial charge on any atom is 0.238 e. The summed E-state index contributed by atoms with van der Waals surface area (Å²) in [7, 11) is 1.86. The maximum atomic E-state index is 12.6. The van der Waals surface area contributed by atoms with Crippen molar-refractivity contribution in [3.05, 3.63) is 60.2 Å². The average molecular weight is 283 g/mol. The molecule has 2 aromatic carbocycles. The van der Waals surface area contributed by atoms with E-state index in [4.69, 9.17) is 0 Å². The Kier molecular flexibility index (Phi) is 3.30. The number of rotatable bonds is 3. The van der Waals surface area contributed by atoms with Crippen LogP contribution in [0.3, 0.4) is 0 Å². The summed E-state index contributed by atoms with van der Waals surface area (Å²) in [5.41, 5.74) is 1.73. The zero-order valence-corrected chi connectivity index (χ0v) is 12.5. The van der Waals surface area contributed by atoms with Crippen LogP contribution in [0, 0.1) is 0 Å². The second kappa shape index (κ2) is 4.98. The molecule has 3 rings (SSSR count). The van der Waals surface area contributed by atoms with E-state index < -0.39 is 5.41 Å². The van der Waals surface area contributed by atoms with Crippen LogP contribution >= 0.6 is 11.8 Å². The van der Waals surface area contributed by atoms with Crippen molar-refractivity contribution in [1.82, 2.24) is 0 Å². The van der Waals surface area contributed by atoms with Crippen LogP contribution in [0.15, 0.2) is 59.5 Å². The number of para-hydroxylation sites is 1. The summed E-state index contributed by atoms with van der Waals surface area (Å²) in [5.74, 6) is 0.944. The Balaban J connectivity index is 1.90. The van der Waals surface area contributed by atoms with Crippen LogP contribution in [0.25, 0.3) is 0 Å². The van der Waals surface area contributed by atoms with Crippen LogP contribution in [0.4, 0.5) is 5.69 Å². The Bertz CT molecular complexity index is 640. The van der Waals surface area contributed by atoms with Gasteiger partial charge in [-0.2, -0.15) is 0 Å². The molecule has 0 radical (unpaired) electrons. The lowest BCUT2D eigenvalue weighted by Crippen LogP contribution is -2.38. The molecule has 0 saturated carbocycles. The fraction of sp³-hybridized carbons (Fsp3) is 0.235. The summed E-state index contributed by atoms with van der Waals surface area (Å²) in [6, 6.07) is 18.3. The lowest BCUT2D eigenvalue weighted by Gasteiger charge is -2.22. The fourth-order valence-electron chi connectivity index (χ4n) is 2.71. The lowest BCUT2D eigenvalue weighted by molar-refractivity contribution is -0.121. The van der Waals surface area contributed by atoms with Gasteiger partial charge in [0.2, 0.25) is 5.91 Å². The number of carbonyl (C=O) groups excluding carboxylic acids is 1. The van der Waals surface area contributed by atoms with E-state index >= 15 is 0 Å². The zero-order valence-electron chi connectivity index (χ0n) is 11.7. The molecule has 0 bridgehead atoms. The summed E-state index contributed by atoms with van der Waals surface area (Å²) in [6.45, 7) is 2.05. The largest absolute Gasteiger partial charge is 0.314 e. The maximum absolute atomic E-state index is 12.6. The normalized spacial score (nSPS) is 21.1. The highest BCUT2D eigenvalue weighted by atomic mass is 32.2. The molecule has 1 atom stereocenters. The van der Waals surface area contributed by atoms with E-state index in [9.17, 15) is 4.79 Å². The van der Waals surface area contributed by atoms with Crippen molar-refractivity contribution in [3.8, 4) is 0 Å². The number of carbonyl (C=O) groups is 1. The van der Waals surface area contributed by atoms with Crippen LogP contribution in [-0.4, -0.2) is 18.7 Å². The van der Waals surface area contributed by atoms with E-state index in [1.807, 2.05) is 50.4 Å². The molecule has 1 amide bonds. The van der Waals surface area contributed by atoms with Crippen molar-refractivity contribution in [2.75, 3.05) is 17.7 Å². The van der Waals surface area contributed by atoms with Crippen LogP contribution < -0.4 is 4.90 Å². The van der Waals surface area contributed by atoms with Gasteiger partial charge in [-0.25, -0.2) is 0 Å². The standard InChI is InChI=1S/C17H17NOS/c1-17(12-20-13-8-4-3-5-9-13)14-10-6-7-11-15(14)18(2)16(17)19/h3-11H,12H2,1-2H3. The summed E-state index contributed by atoms with van der Waals surface area (Å²) >= 11 is 1.74. The quantitative estimate of drug-likeness (QED) is 0.800. The second-order valence-corrected chi connectivity index (χ2v) is 6.36. The SMILES string of the molecule is CN1C(=O)C(C)(CSc2ccccc2)c2ccccc21. The van der Waals surface area contributed by atoms with Gasteiger partial charge in [0.1, 0.15) is 0 Å². The first kappa shape index (κ1) is 13.3. The van der Waals surface area contributed by atoms with Gasteiger partial charge in [-0.3, -0.25) is 4.79 Å². The van der Waals surface area contributed by atoms with Gasteiger partial charge < -0.3 is 4.90 Å². The zero-order chi connectivity index (χ0) is 14.2. The number of fused-ring (bicyclic) bond motifs is 1. The third-order valence-corrected chi connectivity index (χ3v) is 5.23. The number of benzene rings is 2. The average Bonchev–Trinajstić information content (AvgIpc) is 2.69. The number of likely N-dealkylation sites (N-methyl/N-ethyl adjacent to an activating group) is 1. The molecular weight excluding hydrogens is 266 g/mol. The third kappa shape index (κ3) is 2.02. The monoisotopic (exact) mass is 283 g/mol. The Morgan fingerprint density at radius 2 is 1.70 bits per heavy atom. The summed E-state index contributed by atoms with van der Waals surface area (Å²) in [5, 5.41) is 0. The Labute approximate surface area is 123 Å². The molecule has 0 aromatic heterocycles. The highest BCUT2D eigenvalue weighted by Gasteiger charge is 2.45. The smallest absolute Gasteiger partial charge is 0.238 e. The number of hydrogen-bond donors (Lipinski definition) is 0. The third-order valence-electron chi connectivity index (χ3n) is 3.91. The first-order valence-electron chi connectivity index (χ1n) is 6.68. The first-order valence-corrected chi connectivity index (χ1v) is 7.67. The van der Waals surface area contributed by atoms with E-state index in [1.54, 1.807) is 16.7 Å². The van der Waals surface area contributed by atoms with Crippen LogP contribution in [-0.2, 0) is 10.2 Å². The van der Waals surface area contributed by atoms with Crippen molar-refractivity contribution >= 4 is 23.4 Å². The van der Waals surface area contributed by atoms with Crippen molar-refractivity contribution in [2.24, 2.45) is 0 Å². The molecule has 0 saturated heterocycles. The molecule has 1 unspecified atom stereocenters. The second-order valence-electron chi connectivity index (χ2n) is 5.32. The molecule has 0 fully saturated rings. The van der Waals surface area contributed by atoms with E-state index in [0.717, 1.165) is 17.0 Å². The topological polar surface area (TPSA) is 20.3 Å². The molecule has 2 nitrogen and oxygen atoms in total. The minimum atomic E-state index is -0.439.